The van der Waals surface area contributed by atoms with Crippen LogP contribution in [0.3, 0.4) is 0 Å². The summed E-state index contributed by atoms with van der Waals surface area (Å²) in [6, 6.07) is 4.48. The summed E-state index contributed by atoms with van der Waals surface area (Å²) in [6.45, 7) is 0. The van der Waals surface area contributed by atoms with E-state index in [1.807, 2.05) is 4.98 Å². The van der Waals surface area contributed by atoms with Crippen molar-refractivity contribution in [3.63, 3.8) is 0 Å². The van der Waals surface area contributed by atoms with Gasteiger partial charge in [-0.25, -0.2) is 9.59 Å². The Morgan fingerprint density at radius 1 is 1.04 bits per heavy atom. The molecule has 0 fully saturated rings. The van der Waals surface area contributed by atoms with Gasteiger partial charge in [0.15, 0.2) is 0 Å². The first-order valence-electron chi connectivity index (χ1n) is 6.15. The quantitative estimate of drug-likeness (QED) is 0.480. The average Bonchev–Trinajstić information content (AvgIpc) is 2.44. The molecule has 0 aliphatic rings. The number of benzene rings is 1. The number of carboxylic acids is 2. The number of aromatic nitrogens is 1. The second-order valence-corrected chi connectivity index (χ2v) is 5.96. The van der Waals surface area contributed by atoms with Crippen LogP contribution in [0, 0.1) is 0 Å². The second-order valence-electron chi connectivity index (χ2n) is 4.57. The predicted octanol–water partition coefficient (Wildman–Crippen LogP) is 0.267. The van der Waals surface area contributed by atoms with E-state index in [9.17, 15) is 37.6 Å². The minimum Gasteiger partial charge on any atom is -0.478 e. The summed E-state index contributed by atoms with van der Waals surface area (Å²) in [4.78, 5) is 35.9. The van der Waals surface area contributed by atoms with E-state index in [4.69, 9.17) is 5.73 Å². The van der Waals surface area contributed by atoms with E-state index in [2.05, 4.69) is 0 Å². The van der Waals surface area contributed by atoms with Crippen LogP contribution in [0.15, 0.2) is 34.0 Å². The van der Waals surface area contributed by atoms with Gasteiger partial charge in [0.2, 0.25) is 0 Å². The number of nitrogen functional groups attached to an aromatic ring is 1. The van der Waals surface area contributed by atoms with Gasteiger partial charge in [0.25, 0.3) is 15.7 Å². The van der Waals surface area contributed by atoms with Crippen molar-refractivity contribution in [3.05, 3.63) is 45.7 Å². The van der Waals surface area contributed by atoms with Crippen molar-refractivity contribution >= 4 is 27.9 Å². The topological polar surface area (TPSA) is 188 Å². The summed E-state index contributed by atoms with van der Waals surface area (Å²) in [6.07, 6.45) is 0. The van der Waals surface area contributed by atoms with Gasteiger partial charge in [-0.2, -0.15) is 8.42 Å². The van der Waals surface area contributed by atoms with E-state index in [0.717, 1.165) is 12.1 Å². The number of aromatic amines is 1. The van der Waals surface area contributed by atoms with Crippen LogP contribution in [-0.4, -0.2) is 40.1 Å². The Bertz CT molecular complexity index is 1020. The first-order chi connectivity index (χ1) is 11.1. The number of rotatable bonds is 4. The normalized spacial score (nSPS) is 11.2. The summed E-state index contributed by atoms with van der Waals surface area (Å²) in [5.74, 6) is -4.14. The Morgan fingerprint density at radius 2 is 1.58 bits per heavy atom. The van der Waals surface area contributed by atoms with Crippen molar-refractivity contribution < 1.29 is 32.8 Å². The van der Waals surface area contributed by atoms with Gasteiger partial charge < -0.3 is 20.9 Å². The fourth-order valence-corrected chi connectivity index (χ4v) is 2.91. The highest BCUT2D eigenvalue weighted by atomic mass is 32.2. The Hall–Kier alpha value is -3.18. The van der Waals surface area contributed by atoms with Crippen molar-refractivity contribution in [2.24, 2.45) is 0 Å². The number of hydrogen-bond acceptors (Lipinski definition) is 6. The molecule has 0 radical (unpaired) electrons. The zero-order chi connectivity index (χ0) is 18.2. The van der Waals surface area contributed by atoms with Crippen molar-refractivity contribution in [3.8, 4) is 11.1 Å². The van der Waals surface area contributed by atoms with Crippen LogP contribution in [-0.2, 0) is 10.1 Å². The van der Waals surface area contributed by atoms with Crippen LogP contribution in [0.2, 0.25) is 0 Å². The van der Waals surface area contributed by atoms with Gasteiger partial charge in [-0.1, -0.05) is 18.2 Å². The Balaban J connectivity index is 3.13. The lowest BCUT2D eigenvalue weighted by molar-refractivity contribution is 0.0695. The van der Waals surface area contributed by atoms with Gasteiger partial charge in [0.1, 0.15) is 21.8 Å². The Morgan fingerprint density at radius 3 is 2.08 bits per heavy atom. The number of pyridine rings is 1. The number of anilines is 1. The van der Waals surface area contributed by atoms with Gasteiger partial charge in [-0.05, 0) is 6.07 Å². The maximum absolute atomic E-state index is 11.9. The van der Waals surface area contributed by atoms with Crippen LogP contribution in [0.25, 0.3) is 11.1 Å². The predicted molar refractivity (Wildman–Crippen MR) is 80.6 cm³/mol. The monoisotopic (exact) mass is 354 g/mol. The van der Waals surface area contributed by atoms with Crippen molar-refractivity contribution in [1.82, 2.24) is 4.98 Å². The van der Waals surface area contributed by atoms with Crippen LogP contribution < -0.4 is 11.3 Å². The zero-order valence-corrected chi connectivity index (χ0v) is 12.5. The highest BCUT2D eigenvalue weighted by Crippen LogP contribution is 2.33. The molecular weight excluding hydrogens is 344 g/mol. The molecule has 2 rings (SSSR count). The molecule has 0 aliphatic carbocycles. The van der Waals surface area contributed by atoms with E-state index in [0.29, 0.717) is 0 Å². The molecule has 2 aromatic rings. The number of nitrogens with two attached hydrogens (primary N) is 1. The van der Waals surface area contributed by atoms with Crippen LogP contribution >= 0.6 is 0 Å². The molecule has 0 saturated heterocycles. The summed E-state index contributed by atoms with van der Waals surface area (Å²) in [5.41, 5.74) is 1.21. The first-order valence-corrected chi connectivity index (χ1v) is 7.59. The van der Waals surface area contributed by atoms with E-state index >= 15 is 0 Å². The highest BCUT2D eigenvalue weighted by molar-refractivity contribution is 7.86. The van der Waals surface area contributed by atoms with E-state index < -0.39 is 60.6 Å². The molecule has 0 aliphatic heterocycles. The summed E-state index contributed by atoms with van der Waals surface area (Å²) >= 11 is 0. The van der Waals surface area contributed by atoms with Crippen molar-refractivity contribution in [2.75, 3.05) is 5.73 Å². The molecule has 1 heterocycles. The number of nitrogens with one attached hydrogen (secondary N) is 1. The van der Waals surface area contributed by atoms with Gasteiger partial charge in [0.05, 0.1) is 0 Å². The second kappa shape index (κ2) is 5.79. The number of hydrogen-bond donors (Lipinski definition) is 5. The summed E-state index contributed by atoms with van der Waals surface area (Å²) in [7, 11) is -4.83. The fourth-order valence-electron chi connectivity index (χ4n) is 2.21. The lowest BCUT2D eigenvalue weighted by atomic mass is 9.95. The lowest BCUT2D eigenvalue weighted by Gasteiger charge is -2.14. The molecule has 24 heavy (non-hydrogen) atoms. The molecule has 0 atom stereocenters. The third-order valence-electron chi connectivity index (χ3n) is 3.11. The molecule has 0 saturated carbocycles. The maximum atomic E-state index is 11.9. The molecule has 0 unspecified atom stereocenters. The first kappa shape index (κ1) is 17.2. The molecule has 10 nitrogen and oxygen atoms in total. The number of aromatic carboxylic acids is 2. The van der Waals surface area contributed by atoms with Gasteiger partial charge in [-0.15, -0.1) is 0 Å². The Labute approximate surface area is 133 Å². The minimum absolute atomic E-state index is 0.479. The SMILES string of the molecule is Nc1[nH]c(=O)c(C(=O)O)c(-c2ccccc2S(=O)(=O)O)c1C(=O)O. The van der Waals surface area contributed by atoms with Gasteiger partial charge in [-0.3, -0.25) is 9.35 Å². The smallest absolute Gasteiger partial charge is 0.342 e. The molecule has 0 spiro atoms. The minimum atomic E-state index is -4.83. The molecule has 6 N–H and O–H groups in total. The molecule has 126 valence electrons. The summed E-state index contributed by atoms with van der Waals surface area (Å²) < 4.78 is 32.3. The lowest BCUT2D eigenvalue weighted by Crippen LogP contribution is -2.24. The largest absolute Gasteiger partial charge is 0.478 e. The van der Waals surface area contributed by atoms with Crippen molar-refractivity contribution in [1.29, 1.82) is 0 Å². The maximum Gasteiger partial charge on any atom is 0.342 e. The molecule has 1 aromatic carbocycles. The van der Waals surface area contributed by atoms with E-state index in [1.165, 1.54) is 12.1 Å². The van der Waals surface area contributed by atoms with Crippen molar-refractivity contribution in [2.45, 2.75) is 4.90 Å². The third kappa shape index (κ3) is 2.85. The van der Waals surface area contributed by atoms with Gasteiger partial charge >= 0.3 is 11.9 Å². The molecule has 0 amide bonds. The summed E-state index contributed by atoms with van der Waals surface area (Å²) in [5, 5.41) is 18.5. The standard InChI is InChI=1S/C13H10N2O8S/c14-10-8(12(17)18)7(9(13(19)20)11(16)15-10)5-3-1-2-4-6(5)24(21,22)23/h1-4H,(H,17,18)(H,19,20)(H3,14,15,16)(H,21,22,23). The van der Waals surface area contributed by atoms with Crippen LogP contribution in [0.4, 0.5) is 5.82 Å². The molecule has 0 bridgehead atoms. The number of carboxylic acid groups (broad SMARTS) is 2. The fraction of sp³-hybridized carbons (Fsp3) is 0. The zero-order valence-electron chi connectivity index (χ0n) is 11.7. The molecular formula is C13H10N2O8S. The van der Waals surface area contributed by atoms with Crippen LogP contribution in [0.1, 0.15) is 20.7 Å². The average molecular weight is 354 g/mol. The molecule has 1 aromatic heterocycles. The number of H-pyrrole nitrogens is 1. The number of carbonyl (C=O) groups is 2. The van der Waals surface area contributed by atoms with Gasteiger partial charge in [0, 0.05) is 11.1 Å². The highest BCUT2D eigenvalue weighted by Gasteiger charge is 2.29. The van der Waals surface area contributed by atoms with E-state index in [-0.39, 0.29) is 0 Å². The Kier molecular flexibility index (Phi) is 4.14. The van der Waals surface area contributed by atoms with Crippen LogP contribution in [0.5, 0.6) is 0 Å². The van der Waals surface area contributed by atoms with E-state index in [1.54, 1.807) is 0 Å². The molecule has 11 heteroatoms. The third-order valence-corrected chi connectivity index (χ3v) is 4.02.